The lowest BCUT2D eigenvalue weighted by atomic mass is 9.90. The summed E-state index contributed by atoms with van der Waals surface area (Å²) in [4.78, 5) is 10.4. The maximum absolute atomic E-state index is 12.9. The van der Waals surface area contributed by atoms with Crippen molar-refractivity contribution in [1.82, 2.24) is 9.62 Å². The molecule has 3 rings (SSSR count). The molecule has 0 saturated carbocycles. The fourth-order valence-corrected chi connectivity index (χ4v) is 5.10. The van der Waals surface area contributed by atoms with Crippen molar-refractivity contribution >= 4 is 28.1 Å². The molecule has 2 fully saturated rings. The lowest BCUT2D eigenvalue weighted by Gasteiger charge is -2.33. The summed E-state index contributed by atoms with van der Waals surface area (Å²) in [5.41, 5.74) is 0.346. The van der Waals surface area contributed by atoms with Gasteiger partial charge in [-0.15, -0.1) is 12.4 Å². The van der Waals surface area contributed by atoms with Crippen LogP contribution in [0, 0.1) is 28.9 Å². The molecule has 128 valence electrons. The van der Waals surface area contributed by atoms with Crippen LogP contribution in [-0.2, 0) is 10.0 Å². The van der Waals surface area contributed by atoms with E-state index in [-0.39, 0.29) is 23.0 Å². The van der Waals surface area contributed by atoms with Crippen molar-refractivity contribution in [3.8, 4) is 0 Å². The number of piperidine rings is 1. The van der Waals surface area contributed by atoms with E-state index in [0.29, 0.717) is 30.5 Å². The molecule has 2 heterocycles. The number of rotatable bonds is 3. The third kappa shape index (κ3) is 3.35. The molecule has 0 aromatic heterocycles. The normalized spacial score (nSPS) is 24.7. The number of halogens is 1. The fraction of sp³-hybridized carbons (Fsp3) is 0.571. The summed E-state index contributed by atoms with van der Waals surface area (Å²) >= 11 is 0. The molecule has 1 N–H and O–H groups in total. The first-order valence-electron chi connectivity index (χ1n) is 7.35. The number of nitrogens with one attached hydrogen (secondary N) is 1. The third-order valence-corrected chi connectivity index (χ3v) is 6.67. The van der Waals surface area contributed by atoms with Crippen LogP contribution in [-0.4, -0.2) is 43.8 Å². The second-order valence-electron chi connectivity index (χ2n) is 6.04. The zero-order chi connectivity index (χ0) is 15.9. The number of hydrogen-bond donors (Lipinski definition) is 1. The monoisotopic (exact) mass is 361 g/mol. The van der Waals surface area contributed by atoms with Crippen LogP contribution in [0.3, 0.4) is 0 Å². The van der Waals surface area contributed by atoms with Gasteiger partial charge in [0.1, 0.15) is 0 Å². The van der Waals surface area contributed by atoms with Gasteiger partial charge in [-0.05, 0) is 43.8 Å². The Hall–Kier alpha value is -1.22. The van der Waals surface area contributed by atoms with Gasteiger partial charge in [-0.1, -0.05) is 6.07 Å². The van der Waals surface area contributed by atoms with Crippen molar-refractivity contribution in [3.63, 3.8) is 0 Å². The van der Waals surface area contributed by atoms with Crippen LogP contribution in [0.15, 0.2) is 23.1 Å². The Morgan fingerprint density at radius 2 is 2.00 bits per heavy atom. The minimum atomic E-state index is -3.69. The van der Waals surface area contributed by atoms with Crippen molar-refractivity contribution in [1.29, 1.82) is 0 Å². The van der Waals surface area contributed by atoms with Crippen LogP contribution < -0.4 is 5.32 Å². The summed E-state index contributed by atoms with van der Waals surface area (Å²) in [7, 11) is -3.69. The lowest BCUT2D eigenvalue weighted by Crippen LogP contribution is -2.43. The molecule has 9 heteroatoms. The third-order valence-electron chi connectivity index (χ3n) is 4.67. The van der Waals surface area contributed by atoms with Crippen LogP contribution in [0.1, 0.15) is 12.0 Å². The van der Waals surface area contributed by atoms with Crippen molar-refractivity contribution in [3.05, 3.63) is 33.9 Å². The fourth-order valence-electron chi connectivity index (χ4n) is 3.34. The molecule has 2 unspecified atom stereocenters. The van der Waals surface area contributed by atoms with Gasteiger partial charge in [0.15, 0.2) is 0 Å². The van der Waals surface area contributed by atoms with Crippen molar-refractivity contribution in [2.75, 3.05) is 26.2 Å². The molecule has 0 aliphatic carbocycles. The Morgan fingerprint density at radius 3 is 2.70 bits per heavy atom. The van der Waals surface area contributed by atoms with E-state index in [4.69, 9.17) is 0 Å². The minimum absolute atomic E-state index is 0. The number of non-ortho nitro benzene ring substituents is 1. The molecular formula is C14H20ClN3O4S. The quantitative estimate of drug-likeness (QED) is 0.651. The average Bonchev–Trinajstić information content (AvgIpc) is 2.94. The maximum Gasteiger partial charge on any atom is 0.270 e. The predicted molar refractivity (Wildman–Crippen MR) is 88.3 cm³/mol. The van der Waals surface area contributed by atoms with E-state index < -0.39 is 14.9 Å². The van der Waals surface area contributed by atoms with Crippen LogP contribution in [0.4, 0.5) is 5.69 Å². The zero-order valence-corrected chi connectivity index (χ0v) is 14.4. The molecule has 0 radical (unpaired) electrons. The van der Waals surface area contributed by atoms with Gasteiger partial charge in [-0.2, -0.15) is 4.31 Å². The van der Waals surface area contributed by atoms with Crippen LogP contribution in [0.5, 0.6) is 0 Å². The maximum atomic E-state index is 12.9. The summed E-state index contributed by atoms with van der Waals surface area (Å²) in [5, 5.41) is 14.2. The number of nitrogens with zero attached hydrogens (tertiary/aromatic N) is 2. The number of aryl methyl sites for hydroxylation is 1. The highest BCUT2D eigenvalue weighted by Gasteiger charge is 2.38. The largest absolute Gasteiger partial charge is 0.316 e. The van der Waals surface area contributed by atoms with E-state index in [2.05, 4.69) is 5.32 Å². The van der Waals surface area contributed by atoms with Crippen molar-refractivity contribution < 1.29 is 13.3 Å². The molecule has 1 aromatic rings. The van der Waals surface area contributed by atoms with Crippen LogP contribution >= 0.6 is 12.4 Å². The zero-order valence-electron chi connectivity index (χ0n) is 12.8. The van der Waals surface area contributed by atoms with Gasteiger partial charge in [0.2, 0.25) is 10.0 Å². The molecule has 2 aliphatic heterocycles. The second-order valence-corrected chi connectivity index (χ2v) is 7.94. The molecule has 7 nitrogen and oxygen atoms in total. The van der Waals surface area contributed by atoms with Gasteiger partial charge in [0.05, 0.1) is 9.82 Å². The van der Waals surface area contributed by atoms with Gasteiger partial charge in [0.25, 0.3) is 5.69 Å². The number of nitro benzene ring substituents is 1. The van der Waals surface area contributed by atoms with E-state index in [1.165, 1.54) is 22.5 Å². The summed E-state index contributed by atoms with van der Waals surface area (Å²) in [6.45, 7) is 4.43. The van der Waals surface area contributed by atoms with E-state index >= 15 is 0 Å². The Balaban J connectivity index is 0.00000192. The van der Waals surface area contributed by atoms with E-state index in [1.807, 2.05) is 0 Å². The summed E-state index contributed by atoms with van der Waals surface area (Å²) in [6, 6.07) is 4.00. The molecule has 2 aliphatic rings. The lowest BCUT2D eigenvalue weighted by molar-refractivity contribution is -0.385. The van der Waals surface area contributed by atoms with Gasteiger partial charge < -0.3 is 5.32 Å². The topological polar surface area (TPSA) is 92.5 Å². The van der Waals surface area contributed by atoms with Gasteiger partial charge in [0, 0.05) is 25.2 Å². The molecule has 2 atom stereocenters. The number of fused-ring (bicyclic) bond motifs is 1. The smallest absolute Gasteiger partial charge is 0.270 e. The highest BCUT2D eigenvalue weighted by Crippen LogP contribution is 2.32. The molecular weight excluding hydrogens is 342 g/mol. The first-order chi connectivity index (χ1) is 10.4. The highest BCUT2D eigenvalue weighted by molar-refractivity contribution is 7.89. The Labute approximate surface area is 141 Å². The van der Waals surface area contributed by atoms with Gasteiger partial charge in [-0.25, -0.2) is 8.42 Å². The highest BCUT2D eigenvalue weighted by atomic mass is 35.5. The van der Waals surface area contributed by atoms with E-state index in [9.17, 15) is 18.5 Å². The number of hydrogen-bond acceptors (Lipinski definition) is 5. The molecule has 23 heavy (non-hydrogen) atoms. The molecule has 0 amide bonds. The van der Waals surface area contributed by atoms with E-state index in [1.54, 1.807) is 6.92 Å². The van der Waals surface area contributed by atoms with Crippen molar-refractivity contribution in [2.24, 2.45) is 11.8 Å². The number of nitro groups is 1. The average molecular weight is 362 g/mol. The predicted octanol–water partition coefficient (Wildman–Crippen LogP) is 1.56. The molecule has 0 bridgehead atoms. The van der Waals surface area contributed by atoms with Gasteiger partial charge >= 0.3 is 0 Å². The SMILES string of the molecule is Cc1ccc([N+](=O)[O-])cc1S(=O)(=O)N1CCC2CNCC2C1.Cl. The number of sulfonamides is 1. The van der Waals surface area contributed by atoms with Crippen LogP contribution in [0.25, 0.3) is 0 Å². The summed E-state index contributed by atoms with van der Waals surface area (Å²) < 4.78 is 27.2. The van der Waals surface area contributed by atoms with Crippen molar-refractivity contribution in [2.45, 2.75) is 18.2 Å². The standard InChI is InChI=1S/C14H19N3O4S.ClH/c1-10-2-3-13(17(18)19)6-14(10)22(20,21)16-5-4-11-7-15-8-12(11)9-16;/h2-3,6,11-12,15H,4-5,7-9H2,1H3;1H. The first-order valence-corrected chi connectivity index (χ1v) is 8.79. The minimum Gasteiger partial charge on any atom is -0.316 e. The Bertz CT molecular complexity index is 710. The first kappa shape index (κ1) is 18.1. The Kier molecular flexibility index (Phi) is 5.30. The summed E-state index contributed by atoms with van der Waals surface area (Å²) in [5.74, 6) is 0.875. The van der Waals surface area contributed by atoms with Crippen LogP contribution in [0.2, 0.25) is 0 Å². The summed E-state index contributed by atoms with van der Waals surface area (Å²) in [6.07, 6.45) is 0.838. The Morgan fingerprint density at radius 1 is 1.30 bits per heavy atom. The van der Waals surface area contributed by atoms with Gasteiger partial charge in [-0.3, -0.25) is 10.1 Å². The van der Waals surface area contributed by atoms with E-state index in [0.717, 1.165) is 19.5 Å². The second kappa shape index (κ2) is 6.72. The molecule has 1 aromatic carbocycles. The molecule has 0 spiro atoms. The number of benzene rings is 1. The molecule has 2 saturated heterocycles.